The van der Waals surface area contributed by atoms with Crippen LogP contribution in [0.25, 0.3) is 0 Å². The molecule has 0 aliphatic carbocycles. The van der Waals surface area contributed by atoms with Crippen molar-refractivity contribution in [1.29, 1.82) is 0 Å². The molecule has 0 atom stereocenters. The summed E-state index contributed by atoms with van der Waals surface area (Å²) < 4.78 is 0. The topological polar surface area (TPSA) is 0 Å². The zero-order valence-corrected chi connectivity index (χ0v) is 7.50. The van der Waals surface area contributed by atoms with Gasteiger partial charge in [0.15, 0.2) is 0 Å². The number of alkyl halides is 2. The number of benzene rings is 1. The van der Waals surface area contributed by atoms with E-state index in [1.807, 2.05) is 24.3 Å². The van der Waals surface area contributed by atoms with E-state index < -0.39 is 4.84 Å². The molecular weight excluding hydrogens is 187 g/mol. The molecule has 1 aromatic rings. The molecule has 0 spiro atoms. The Bertz CT molecular complexity index is 223. The van der Waals surface area contributed by atoms with Crippen LogP contribution >= 0.6 is 35.8 Å². The zero-order valence-electron chi connectivity index (χ0n) is 5.09. The third kappa shape index (κ3) is 1.82. The molecule has 54 valence electrons. The van der Waals surface area contributed by atoms with Gasteiger partial charge < -0.3 is 0 Å². The third-order valence-electron chi connectivity index (χ3n) is 1.17. The van der Waals surface area contributed by atoms with Crippen molar-refractivity contribution in [2.45, 2.75) is 9.73 Å². The molecule has 1 rings (SSSR count). The Balaban J connectivity index is 3.03. The van der Waals surface area contributed by atoms with Crippen LogP contribution in [-0.4, -0.2) is 0 Å². The van der Waals surface area contributed by atoms with Crippen molar-refractivity contribution >= 4 is 35.8 Å². The molecule has 0 aliphatic rings. The van der Waals surface area contributed by atoms with Crippen molar-refractivity contribution in [3.8, 4) is 0 Å². The van der Waals surface area contributed by atoms with Crippen LogP contribution in [-0.2, 0) is 0 Å². The van der Waals surface area contributed by atoms with Crippen LogP contribution in [0.3, 0.4) is 0 Å². The van der Waals surface area contributed by atoms with Crippen LogP contribution in [0.15, 0.2) is 29.2 Å². The first-order chi connectivity index (χ1) is 4.72. The van der Waals surface area contributed by atoms with E-state index in [0.29, 0.717) is 0 Å². The summed E-state index contributed by atoms with van der Waals surface area (Å²) in [4.78, 5) is 0.353. The zero-order chi connectivity index (χ0) is 7.56. The SMILES string of the molecule is Sc1ccccc1C(Cl)Cl. The van der Waals surface area contributed by atoms with E-state index >= 15 is 0 Å². The van der Waals surface area contributed by atoms with Gasteiger partial charge in [-0.2, -0.15) is 0 Å². The normalized spacial score (nSPS) is 10.4. The Hall–Kier alpha value is 0.150. The number of hydrogen-bond donors (Lipinski definition) is 1. The summed E-state index contributed by atoms with van der Waals surface area (Å²) >= 11 is 15.4. The van der Waals surface area contributed by atoms with E-state index in [4.69, 9.17) is 23.2 Å². The van der Waals surface area contributed by atoms with Gasteiger partial charge in [-0.25, -0.2) is 0 Å². The molecule has 0 N–H and O–H groups in total. The van der Waals surface area contributed by atoms with E-state index in [1.54, 1.807) is 0 Å². The average Bonchev–Trinajstić information content (AvgIpc) is 1.88. The van der Waals surface area contributed by atoms with Gasteiger partial charge in [-0.1, -0.05) is 18.2 Å². The van der Waals surface area contributed by atoms with Crippen LogP contribution in [0, 0.1) is 0 Å². The van der Waals surface area contributed by atoms with Crippen molar-refractivity contribution in [2.24, 2.45) is 0 Å². The van der Waals surface area contributed by atoms with Crippen LogP contribution < -0.4 is 0 Å². The molecule has 0 nitrogen and oxygen atoms in total. The molecule has 0 aliphatic heterocycles. The van der Waals surface area contributed by atoms with Gasteiger partial charge in [0.1, 0.15) is 4.84 Å². The van der Waals surface area contributed by atoms with Gasteiger partial charge in [-0.3, -0.25) is 0 Å². The van der Waals surface area contributed by atoms with Gasteiger partial charge in [-0.05, 0) is 11.6 Å². The van der Waals surface area contributed by atoms with Crippen molar-refractivity contribution in [2.75, 3.05) is 0 Å². The molecule has 0 saturated carbocycles. The molecule has 0 unspecified atom stereocenters. The summed E-state index contributed by atoms with van der Waals surface area (Å²) in [7, 11) is 0. The van der Waals surface area contributed by atoms with Crippen LogP contribution in [0.5, 0.6) is 0 Å². The van der Waals surface area contributed by atoms with Gasteiger partial charge in [0.2, 0.25) is 0 Å². The maximum atomic E-state index is 5.62. The summed E-state index contributed by atoms with van der Waals surface area (Å²) in [6.45, 7) is 0. The van der Waals surface area contributed by atoms with Gasteiger partial charge in [-0.15, -0.1) is 35.8 Å². The van der Waals surface area contributed by atoms with Gasteiger partial charge in [0.05, 0.1) is 0 Å². The van der Waals surface area contributed by atoms with Crippen molar-refractivity contribution in [3.63, 3.8) is 0 Å². The minimum atomic E-state index is -0.478. The van der Waals surface area contributed by atoms with Gasteiger partial charge in [0.25, 0.3) is 0 Å². The fraction of sp³-hybridized carbons (Fsp3) is 0.143. The molecule has 0 heterocycles. The molecule has 0 bridgehead atoms. The van der Waals surface area contributed by atoms with Crippen LogP contribution in [0.2, 0.25) is 0 Å². The van der Waals surface area contributed by atoms with Gasteiger partial charge in [0, 0.05) is 4.90 Å². The van der Waals surface area contributed by atoms with Crippen molar-refractivity contribution in [3.05, 3.63) is 29.8 Å². The number of rotatable bonds is 1. The maximum absolute atomic E-state index is 5.62. The largest absolute Gasteiger partial charge is 0.143 e. The van der Waals surface area contributed by atoms with Crippen molar-refractivity contribution in [1.82, 2.24) is 0 Å². The first-order valence-electron chi connectivity index (χ1n) is 2.78. The second kappa shape index (κ2) is 3.51. The first kappa shape index (κ1) is 8.25. The Morgan fingerprint density at radius 3 is 2.20 bits per heavy atom. The van der Waals surface area contributed by atoms with Gasteiger partial charge >= 0.3 is 0 Å². The quantitative estimate of drug-likeness (QED) is 0.512. The molecule has 10 heavy (non-hydrogen) atoms. The molecule has 0 radical (unpaired) electrons. The molecule has 3 heteroatoms. The Morgan fingerprint density at radius 1 is 1.20 bits per heavy atom. The summed E-state index contributed by atoms with van der Waals surface area (Å²) in [5, 5.41) is 0. The highest BCUT2D eigenvalue weighted by molar-refractivity contribution is 7.80. The lowest BCUT2D eigenvalue weighted by molar-refractivity contribution is 1.23. The smallest absolute Gasteiger partial charge is 0.133 e. The number of hydrogen-bond acceptors (Lipinski definition) is 1. The maximum Gasteiger partial charge on any atom is 0.133 e. The van der Waals surface area contributed by atoms with E-state index in [0.717, 1.165) is 10.5 Å². The highest BCUT2D eigenvalue weighted by Gasteiger charge is 2.04. The number of halogens is 2. The highest BCUT2D eigenvalue weighted by atomic mass is 35.5. The summed E-state index contributed by atoms with van der Waals surface area (Å²) in [5.74, 6) is 0. The molecular formula is C7H6Cl2S. The molecule has 0 aromatic heterocycles. The second-order valence-electron chi connectivity index (χ2n) is 1.86. The Labute approximate surface area is 75.6 Å². The summed E-state index contributed by atoms with van der Waals surface area (Å²) in [6.07, 6.45) is 0. The second-order valence-corrected chi connectivity index (χ2v) is 3.44. The Morgan fingerprint density at radius 2 is 1.80 bits per heavy atom. The molecule has 0 saturated heterocycles. The predicted molar refractivity (Wildman–Crippen MR) is 48.1 cm³/mol. The lowest BCUT2D eigenvalue weighted by atomic mass is 10.2. The van der Waals surface area contributed by atoms with Crippen LogP contribution in [0.1, 0.15) is 10.4 Å². The highest BCUT2D eigenvalue weighted by Crippen LogP contribution is 2.29. The average molecular weight is 193 g/mol. The number of thiol groups is 1. The van der Waals surface area contributed by atoms with Crippen LogP contribution in [0.4, 0.5) is 0 Å². The van der Waals surface area contributed by atoms with Crippen molar-refractivity contribution < 1.29 is 0 Å². The molecule has 0 amide bonds. The van der Waals surface area contributed by atoms with E-state index in [2.05, 4.69) is 12.6 Å². The standard InChI is InChI=1S/C7H6Cl2S/c8-7(9)5-3-1-2-4-6(5)10/h1-4,7,10H. The summed E-state index contributed by atoms with van der Waals surface area (Å²) in [6, 6.07) is 7.48. The third-order valence-corrected chi connectivity index (χ3v) is 2.05. The molecule has 0 fully saturated rings. The Kier molecular flexibility index (Phi) is 2.90. The summed E-state index contributed by atoms with van der Waals surface area (Å²) in [5.41, 5.74) is 0.856. The minimum absolute atomic E-state index is 0.478. The lowest BCUT2D eigenvalue weighted by Gasteiger charge is -2.02. The van der Waals surface area contributed by atoms with E-state index in [-0.39, 0.29) is 0 Å². The molecule has 1 aromatic carbocycles. The first-order valence-corrected chi connectivity index (χ1v) is 4.10. The van der Waals surface area contributed by atoms with E-state index in [9.17, 15) is 0 Å². The minimum Gasteiger partial charge on any atom is -0.143 e. The lowest BCUT2D eigenvalue weighted by Crippen LogP contribution is -1.81. The predicted octanol–water partition coefficient (Wildman–Crippen LogP) is 3.45. The van der Waals surface area contributed by atoms with E-state index in [1.165, 1.54) is 0 Å². The fourth-order valence-corrected chi connectivity index (χ4v) is 1.49. The monoisotopic (exact) mass is 192 g/mol. The fourth-order valence-electron chi connectivity index (χ4n) is 0.672.